The summed E-state index contributed by atoms with van der Waals surface area (Å²) < 4.78 is 39.0. The molecule has 112 valence electrons. The first-order valence-corrected chi connectivity index (χ1v) is 7.98. The van der Waals surface area contributed by atoms with Crippen molar-refractivity contribution < 1.29 is 17.9 Å². The molecule has 1 aromatic carbocycles. The van der Waals surface area contributed by atoms with Gasteiger partial charge in [0.15, 0.2) is 0 Å². The summed E-state index contributed by atoms with van der Waals surface area (Å²) in [5.74, 6) is -0.764. The molecule has 8 heteroatoms. The second-order valence-corrected chi connectivity index (χ2v) is 7.37. The number of nitrogens with two attached hydrogens (primary N) is 1. The smallest absolute Gasteiger partial charge is 0.244 e. The van der Waals surface area contributed by atoms with Crippen molar-refractivity contribution in [2.75, 3.05) is 18.8 Å². The molecule has 0 amide bonds. The normalized spacial score (nSPS) is 18.8. The summed E-state index contributed by atoms with van der Waals surface area (Å²) in [5, 5.41) is 9.82. The van der Waals surface area contributed by atoms with E-state index in [0.29, 0.717) is 6.42 Å². The molecule has 0 atom stereocenters. The number of hydrogen-bond acceptors (Lipinski definition) is 4. The number of aliphatic hydroxyl groups is 1. The van der Waals surface area contributed by atoms with E-state index in [4.69, 9.17) is 17.3 Å². The van der Waals surface area contributed by atoms with Gasteiger partial charge in [0.1, 0.15) is 10.7 Å². The number of anilines is 1. The average molecular weight is 323 g/mol. The summed E-state index contributed by atoms with van der Waals surface area (Å²) in [5.41, 5.74) is 4.11. The molecule has 1 aliphatic rings. The molecule has 2 rings (SSSR count). The molecular weight excluding hydrogens is 307 g/mol. The Kier molecular flexibility index (Phi) is 3.98. The number of nitrogens with zero attached hydrogens (tertiary/aromatic N) is 1. The molecule has 20 heavy (non-hydrogen) atoms. The number of rotatable bonds is 4. The fourth-order valence-corrected chi connectivity index (χ4v) is 4.41. The summed E-state index contributed by atoms with van der Waals surface area (Å²) >= 11 is 5.78. The van der Waals surface area contributed by atoms with Crippen LogP contribution in [0, 0.1) is 5.82 Å². The quantitative estimate of drug-likeness (QED) is 0.825. The van der Waals surface area contributed by atoms with Crippen LogP contribution in [0.25, 0.3) is 0 Å². The number of sulfonamides is 1. The lowest BCUT2D eigenvalue weighted by molar-refractivity contribution is -0.0653. The highest BCUT2D eigenvalue weighted by molar-refractivity contribution is 7.89. The van der Waals surface area contributed by atoms with E-state index in [9.17, 15) is 17.9 Å². The standard InChI is InChI=1S/C12H16ClFN2O3S/c1-2-3-12(17)6-16(7-12)20(18,19)11-5-10(15)9(14)4-8(11)13/h4-5,17H,2-3,6-7,15H2,1H3. The molecule has 1 aliphatic heterocycles. The van der Waals surface area contributed by atoms with Crippen LogP contribution in [0.2, 0.25) is 5.02 Å². The monoisotopic (exact) mass is 322 g/mol. The zero-order valence-corrected chi connectivity index (χ0v) is 12.5. The first-order chi connectivity index (χ1) is 9.19. The van der Waals surface area contributed by atoms with Crippen molar-refractivity contribution in [2.24, 2.45) is 0 Å². The molecule has 1 heterocycles. The lowest BCUT2D eigenvalue weighted by Crippen LogP contribution is -2.63. The molecule has 0 aliphatic carbocycles. The Bertz CT molecular complexity index is 630. The van der Waals surface area contributed by atoms with Crippen molar-refractivity contribution in [2.45, 2.75) is 30.3 Å². The van der Waals surface area contributed by atoms with E-state index in [-0.39, 0.29) is 28.7 Å². The van der Waals surface area contributed by atoms with Gasteiger partial charge in [-0.15, -0.1) is 0 Å². The summed E-state index contributed by atoms with van der Waals surface area (Å²) in [7, 11) is -3.87. The van der Waals surface area contributed by atoms with Crippen LogP contribution in [-0.4, -0.2) is 36.5 Å². The maximum absolute atomic E-state index is 13.2. The Morgan fingerprint density at radius 3 is 2.65 bits per heavy atom. The molecule has 0 spiro atoms. The van der Waals surface area contributed by atoms with Gasteiger partial charge in [-0.2, -0.15) is 4.31 Å². The van der Waals surface area contributed by atoms with Crippen molar-refractivity contribution >= 4 is 27.3 Å². The third kappa shape index (κ3) is 2.63. The number of β-amino-alcohol motifs (C(OH)–C–C–N with tert-alkyl or cyclic N) is 1. The van der Waals surface area contributed by atoms with Gasteiger partial charge in [-0.3, -0.25) is 0 Å². The summed E-state index contributed by atoms with van der Waals surface area (Å²) in [6.07, 6.45) is 1.28. The van der Waals surface area contributed by atoms with Gasteiger partial charge in [0.05, 0.1) is 16.3 Å². The van der Waals surface area contributed by atoms with Crippen molar-refractivity contribution in [3.63, 3.8) is 0 Å². The Morgan fingerprint density at radius 1 is 1.50 bits per heavy atom. The fourth-order valence-electron chi connectivity index (χ4n) is 2.29. The predicted molar refractivity (Wildman–Crippen MR) is 74.4 cm³/mol. The first-order valence-electron chi connectivity index (χ1n) is 6.17. The van der Waals surface area contributed by atoms with E-state index in [0.717, 1.165) is 22.9 Å². The Balaban J connectivity index is 2.28. The number of hydrogen-bond donors (Lipinski definition) is 2. The highest BCUT2D eigenvalue weighted by Crippen LogP contribution is 2.35. The second kappa shape index (κ2) is 5.14. The van der Waals surface area contributed by atoms with Crippen LogP contribution in [0.1, 0.15) is 19.8 Å². The molecular formula is C12H16ClFN2O3S. The molecule has 0 unspecified atom stereocenters. The average Bonchev–Trinajstić information content (AvgIpc) is 2.30. The minimum absolute atomic E-state index is 0.0107. The zero-order valence-electron chi connectivity index (χ0n) is 10.9. The van der Waals surface area contributed by atoms with E-state index in [1.807, 2.05) is 6.92 Å². The van der Waals surface area contributed by atoms with Gasteiger partial charge in [0.25, 0.3) is 0 Å². The third-order valence-corrected chi connectivity index (χ3v) is 5.58. The highest BCUT2D eigenvalue weighted by atomic mass is 35.5. The number of halogens is 2. The molecule has 0 saturated carbocycles. The van der Waals surface area contributed by atoms with Gasteiger partial charge in [-0.1, -0.05) is 24.9 Å². The van der Waals surface area contributed by atoms with Gasteiger partial charge in [0, 0.05) is 13.1 Å². The van der Waals surface area contributed by atoms with Crippen molar-refractivity contribution in [1.82, 2.24) is 4.31 Å². The minimum Gasteiger partial charge on any atom is -0.396 e. The number of benzene rings is 1. The minimum atomic E-state index is -3.87. The van der Waals surface area contributed by atoms with Crippen molar-refractivity contribution in [3.8, 4) is 0 Å². The van der Waals surface area contributed by atoms with Gasteiger partial charge < -0.3 is 10.8 Å². The third-order valence-electron chi connectivity index (χ3n) is 3.33. The molecule has 3 N–H and O–H groups in total. The fraction of sp³-hybridized carbons (Fsp3) is 0.500. The Morgan fingerprint density at radius 2 is 2.10 bits per heavy atom. The van der Waals surface area contributed by atoms with Gasteiger partial charge in [0.2, 0.25) is 10.0 Å². The van der Waals surface area contributed by atoms with Gasteiger partial charge in [-0.25, -0.2) is 12.8 Å². The van der Waals surface area contributed by atoms with E-state index >= 15 is 0 Å². The SMILES string of the molecule is CCCC1(O)CN(S(=O)(=O)c2cc(N)c(F)cc2Cl)C1. The lowest BCUT2D eigenvalue weighted by atomic mass is 9.92. The van der Waals surface area contributed by atoms with Crippen LogP contribution in [0.3, 0.4) is 0 Å². The lowest BCUT2D eigenvalue weighted by Gasteiger charge is -2.45. The van der Waals surface area contributed by atoms with Crippen molar-refractivity contribution in [1.29, 1.82) is 0 Å². The number of nitrogen functional groups attached to an aromatic ring is 1. The van der Waals surface area contributed by atoms with E-state index in [1.54, 1.807) is 0 Å². The highest BCUT2D eigenvalue weighted by Gasteiger charge is 2.47. The van der Waals surface area contributed by atoms with Crippen LogP contribution in [0.15, 0.2) is 17.0 Å². The van der Waals surface area contributed by atoms with E-state index < -0.39 is 21.4 Å². The maximum Gasteiger partial charge on any atom is 0.244 e. The van der Waals surface area contributed by atoms with E-state index in [2.05, 4.69) is 0 Å². The molecule has 0 radical (unpaired) electrons. The Hall–Kier alpha value is -0.890. The molecule has 0 bridgehead atoms. The van der Waals surface area contributed by atoms with Crippen LogP contribution < -0.4 is 5.73 Å². The van der Waals surface area contributed by atoms with Crippen LogP contribution in [0.4, 0.5) is 10.1 Å². The maximum atomic E-state index is 13.2. The van der Waals surface area contributed by atoms with Gasteiger partial charge >= 0.3 is 0 Å². The van der Waals surface area contributed by atoms with Crippen LogP contribution in [0.5, 0.6) is 0 Å². The largest absolute Gasteiger partial charge is 0.396 e. The van der Waals surface area contributed by atoms with E-state index in [1.165, 1.54) is 0 Å². The molecule has 1 fully saturated rings. The first kappa shape index (κ1) is 15.5. The molecule has 1 saturated heterocycles. The predicted octanol–water partition coefficient (Wildman–Crippen LogP) is 1.60. The summed E-state index contributed by atoms with van der Waals surface area (Å²) in [4.78, 5) is -0.239. The topological polar surface area (TPSA) is 83.6 Å². The molecule has 5 nitrogen and oxygen atoms in total. The summed E-state index contributed by atoms with van der Waals surface area (Å²) in [6, 6.07) is 1.88. The zero-order chi connectivity index (χ0) is 15.1. The van der Waals surface area contributed by atoms with Gasteiger partial charge in [-0.05, 0) is 18.6 Å². The Labute approximate surface area is 122 Å². The molecule has 1 aromatic rings. The van der Waals surface area contributed by atoms with Crippen molar-refractivity contribution in [3.05, 3.63) is 23.0 Å². The van der Waals surface area contributed by atoms with Crippen LogP contribution >= 0.6 is 11.6 Å². The van der Waals surface area contributed by atoms with Crippen LogP contribution in [-0.2, 0) is 10.0 Å². The molecule has 0 aromatic heterocycles. The second-order valence-electron chi connectivity index (χ2n) is 5.05. The summed E-state index contributed by atoms with van der Waals surface area (Å²) in [6.45, 7) is 1.93.